The van der Waals surface area contributed by atoms with E-state index in [0.29, 0.717) is 18.0 Å². The van der Waals surface area contributed by atoms with E-state index in [2.05, 4.69) is 5.10 Å². The SMILES string of the molecule is COCc1ccn2ncc(N)c2c1OC. The van der Waals surface area contributed by atoms with Crippen LogP contribution in [-0.2, 0) is 11.3 Å². The van der Waals surface area contributed by atoms with Crippen LogP contribution in [0.2, 0.25) is 0 Å². The molecule has 0 aliphatic rings. The van der Waals surface area contributed by atoms with Crippen LogP contribution in [0.1, 0.15) is 5.56 Å². The Balaban J connectivity index is 2.68. The van der Waals surface area contributed by atoms with E-state index >= 15 is 0 Å². The normalized spacial score (nSPS) is 10.8. The summed E-state index contributed by atoms with van der Waals surface area (Å²) in [7, 11) is 3.25. The van der Waals surface area contributed by atoms with Gasteiger partial charge in [0.15, 0.2) is 5.75 Å². The van der Waals surface area contributed by atoms with Gasteiger partial charge >= 0.3 is 0 Å². The quantitative estimate of drug-likeness (QED) is 0.817. The minimum Gasteiger partial charge on any atom is -0.494 e. The smallest absolute Gasteiger partial charge is 0.152 e. The van der Waals surface area contributed by atoms with Gasteiger partial charge in [0.1, 0.15) is 5.52 Å². The van der Waals surface area contributed by atoms with Crippen molar-refractivity contribution in [1.82, 2.24) is 9.61 Å². The Bertz CT molecular complexity index is 479. The highest BCUT2D eigenvalue weighted by Crippen LogP contribution is 2.29. The largest absolute Gasteiger partial charge is 0.494 e. The molecule has 2 heterocycles. The lowest BCUT2D eigenvalue weighted by Crippen LogP contribution is -1.99. The Morgan fingerprint density at radius 1 is 1.47 bits per heavy atom. The van der Waals surface area contributed by atoms with Crippen molar-refractivity contribution >= 4 is 11.2 Å². The maximum atomic E-state index is 5.81. The van der Waals surface area contributed by atoms with Gasteiger partial charge in [-0.15, -0.1) is 0 Å². The molecular formula is C10H13N3O2. The van der Waals surface area contributed by atoms with Crippen molar-refractivity contribution in [3.8, 4) is 5.75 Å². The minimum atomic E-state index is 0.490. The number of anilines is 1. The summed E-state index contributed by atoms with van der Waals surface area (Å²) in [5.41, 5.74) is 8.16. The van der Waals surface area contributed by atoms with E-state index < -0.39 is 0 Å². The van der Waals surface area contributed by atoms with Crippen molar-refractivity contribution in [3.05, 3.63) is 24.0 Å². The van der Waals surface area contributed by atoms with Gasteiger partial charge in [0.25, 0.3) is 0 Å². The molecule has 0 amide bonds. The van der Waals surface area contributed by atoms with Gasteiger partial charge in [-0.25, -0.2) is 4.52 Å². The first-order valence-corrected chi connectivity index (χ1v) is 4.55. The molecule has 0 saturated carbocycles. The molecule has 0 aromatic carbocycles. The summed E-state index contributed by atoms with van der Waals surface area (Å²) in [6.45, 7) is 0.490. The zero-order valence-electron chi connectivity index (χ0n) is 8.73. The first kappa shape index (κ1) is 9.79. The van der Waals surface area contributed by atoms with Crippen LogP contribution in [0.3, 0.4) is 0 Å². The number of nitrogens with two attached hydrogens (primary N) is 1. The molecule has 0 bridgehead atoms. The second-order valence-corrected chi connectivity index (χ2v) is 3.20. The summed E-state index contributed by atoms with van der Waals surface area (Å²) in [5, 5.41) is 4.10. The molecule has 0 saturated heterocycles. The molecule has 0 fully saturated rings. The highest BCUT2D eigenvalue weighted by molar-refractivity contribution is 5.77. The predicted molar refractivity (Wildman–Crippen MR) is 56.9 cm³/mol. The number of methoxy groups -OCH3 is 2. The summed E-state index contributed by atoms with van der Waals surface area (Å²) in [4.78, 5) is 0. The maximum absolute atomic E-state index is 5.81. The van der Waals surface area contributed by atoms with Crippen molar-refractivity contribution in [2.45, 2.75) is 6.61 Å². The molecular weight excluding hydrogens is 194 g/mol. The number of aromatic nitrogens is 2. The molecule has 0 unspecified atom stereocenters. The van der Waals surface area contributed by atoms with Gasteiger partial charge in [0, 0.05) is 18.9 Å². The summed E-state index contributed by atoms with van der Waals surface area (Å²) in [6.07, 6.45) is 3.44. The van der Waals surface area contributed by atoms with Crippen LogP contribution in [0.25, 0.3) is 5.52 Å². The standard InChI is InChI=1S/C10H13N3O2/c1-14-6-7-3-4-13-9(10(7)15-2)8(11)5-12-13/h3-5H,6,11H2,1-2H3. The number of fused-ring (bicyclic) bond motifs is 1. The van der Waals surface area contributed by atoms with E-state index in [1.54, 1.807) is 24.9 Å². The molecule has 2 aromatic rings. The molecule has 0 aliphatic carbocycles. The molecule has 0 atom stereocenters. The van der Waals surface area contributed by atoms with Gasteiger partial charge in [-0.2, -0.15) is 5.10 Å². The van der Waals surface area contributed by atoms with Crippen LogP contribution in [0.15, 0.2) is 18.5 Å². The Morgan fingerprint density at radius 2 is 2.27 bits per heavy atom. The van der Waals surface area contributed by atoms with Gasteiger partial charge in [0.05, 0.1) is 25.6 Å². The van der Waals surface area contributed by atoms with Crippen molar-refractivity contribution in [2.24, 2.45) is 0 Å². The van der Waals surface area contributed by atoms with Crippen molar-refractivity contribution in [3.63, 3.8) is 0 Å². The Morgan fingerprint density at radius 3 is 2.93 bits per heavy atom. The summed E-state index contributed by atoms with van der Waals surface area (Å²) >= 11 is 0. The highest BCUT2D eigenvalue weighted by Gasteiger charge is 2.11. The molecule has 15 heavy (non-hydrogen) atoms. The second-order valence-electron chi connectivity index (χ2n) is 3.20. The van der Waals surface area contributed by atoms with Crippen LogP contribution in [-0.4, -0.2) is 23.8 Å². The minimum absolute atomic E-state index is 0.490. The third kappa shape index (κ3) is 1.50. The van der Waals surface area contributed by atoms with E-state index in [-0.39, 0.29) is 0 Å². The second kappa shape index (κ2) is 3.78. The number of pyridine rings is 1. The van der Waals surface area contributed by atoms with Gasteiger partial charge < -0.3 is 15.2 Å². The third-order valence-electron chi connectivity index (χ3n) is 2.25. The average Bonchev–Trinajstić information content (AvgIpc) is 2.61. The molecule has 80 valence electrons. The van der Waals surface area contributed by atoms with Gasteiger partial charge in [-0.1, -0.05) is 0 Å². The van der Waals surface area contributed by atoms with Gasteiger partial charge in [-0.05, 0) is 6.07 Å². The summed E-state index contributed by atoms with van der Waals surface area (Å²) in [6, 6.07) is 1.90. The number of nitrogens with zero attached hydrogens (tertiary/aromatic N) is 2. The molecule has 5 nitrogen and oxygen atoms in total. The lowest BCUT2D eigenvalue weighted by molar-refractivity contribution is 0.181. The van der Waals surface area contributed by atoms with Crippen LogP contribution in [0.5, 0.6) is 5.75 Å². The van der Waals surface area contributed by atoms with E-state index in [0.717, 1.165) is 11.1 Å². The van der Waals surface area contributed by atoms with E-state index in [4.69, 9.17) is 15.2 Å². The van der Waals surface area contributed by atoms with Gasteiger partial charge in [0.2, 0.25) is 0 Å². The zero-order chi connectivity index (χ0) is 10.8. The molecule has 0 radical (unpaired) electrons. The fraction of sp³-hybridized carbons (Fsp3) is 0.300. The summed E-state index contributed by atoms with van der Waals surface area (Å²) < 4.78 is 12.1. The fourth-order valence-electron chi connectivity index (χ4n) is 1.61. The van der Waals surface area contributed by atoms with Crippen molar-refractivity contribution in [2.75, 3.05) is 20.0 Å². The number of rotatable bonds is 3. The average molecular weight is 207 g/mol. The van der Waals surface area contributed by atoms with Crippen molar-refractivity contribution in [1.29, 1.82) is 0 Å². The Kier molecular flexibility index (Phi) is 2.47. The van der Waals surface area contributed by atoms with E-state index in [1.807, 2.05) is 12.3 Å². The Hall–Kier alpha value is -1.75. The maximum Gasteiger partial charge on any atom is 0.152 e. The van der Waals surface area contributed by atoms with E-state index in [9.17, 15) is 0 Å². The molecule has 5 heteroatoms. The zero-order valence-corrected chi connectivity index (χ0v) is 8.73. The van der Waals surface area contributed by atoms with Crippen LogP contribution >= 0.6 is 0 Å². The monoisotopic (exact) mass is 207 g/mol. The number of ether oxygens (including phenoxy) is 2. The molecule has 0 spiro atoms. The fourth-order valence-corrected chi connectivity index (χ4v) is 1.61. The first-order valence-electron chi connectivity index (χ1n) is 4.55. The number of nitrogen functional groups attached to an aromatic ring is 1. The van der Waals surface area contributed by atoms with Crippen LogP contribution < -0.4 is 10.5 Å². The van der Waals surface area contributed by atoms with Crippen molar-refractivity contribution < 1.29 is 9.47 Å². The van der Waals surface area contributed by atoms with Crippen LogP contribution in [0, 0.1) is 0 Å². The Labute approximate surface area is 87.4 Å². The van der Waals surface area contributed by atoms with E-state index in [1.165, 1.54) is 0 Å². The van der Waals surface area contributed by atoms with Crippen LogP contribution in [0.4, 0.5) is 5.69 Å². The topological polar surface area (TPSA) is 61.8 Å². The predicted octanol–water partition coefficient (Wildman–Crippen LogP) is 1.07. The molecule has 2 N–H and O–H groups in total. The molecule has 2 rings (SSSR count). The molecule has 2 aromatic heterocycles. The summed E-state index contributed by atoms with van der Waals surface area (Å²) in [5.74, 6) is 0.717. The number of hydrogen-bond acceptors (Lipinski definition) is 4. The lowest BCUT2D eigenvalue weighted by Gasteiger charge is -2.09. The lowest BCUT2D eigenvalue weighted by atomic mass is 10.2. The van der Waals surface area contributed by atoms with Gasteiger partial charge in [-0.3, -0.25) is 0 Å². The highest BCUT2D eigenvalue weighted by atomic mass is 16.5. The molecule has 0 aliphatic heterocycles. The third-order valence-corrected chi connectivity index (χ3v) is 2.25. The number of hydrogen-bond donors (Lipinski definition) is 1. The first-order chi connectivity index (χ1) is 7.27.